The second-order valence-corrected chi connectivity index (χ2v) is 5.98. The Bertz CT molecular complexity index is 607. The molecule has 1 aliphatic rings. The van der Waals surface area contributed by atoms with E-state index in [0.717, 1.165) is 25.7 Å². The lowest BCUT2D eigenvalue weighted by molar-refractivity contribution is 0.229. The van der Waals surface area contributed by atoms with Crippen molar-refractivity contribution < 1.29 is 4.52 Å². The van der Waals surface area contributed by atoms with Gasteiger partial charge in [0.05, 0.1) is 5.54 Å². The normalized spacial score (nSPS) is 17.7. The molecule has 2 aromatic rings. The highest BCUT2D eigenvalue weighted by Gasteiger charge is 2.39. The summed E-state index contributed by atoms with van der Waals surface area (Å²) in [5.74, 6) is 1.72. The number of hydrogen-bond donors (Lipinski definition) is 1. The van der Waals surface area contributed by atoms with Gasteiger partial charge in [-0.15, -0.1) is 12.4 Å². The smallest absolute Gasteiger partial charge is 0.227 e. The molecule has 114 valence electrons. The van der Waals surface area contributed by atoms with Gasteiger partial charge in [-0.25, -0.2) is 0 Å². The molecule has 0 bridgehead atoms. The predicted octanol–water partition coefficient (Wildman–Crippen LogP) is 3.48. The van der Waals surface area contributed by atoms with Crippen molar-refractivity contribution in [2.24, 2.45) is 5.73 Å². The Labute approximate surface area is 131 Å². The van der Waals surface area contributed by atoms with Crippen LogP contribution in [0.1, 0.15) is 54.9 Å². The van der Waals surface area contributed by atoms with Gasteiger partial charge >= 0.3 is 0 Å². The van der Waals surface area contributed by atoms with Gasteiger partial charge in [-0.1, -0.05) is 36.3 Å². The van der Waals surface area contributed by atoms with E-state index < -0.39 is 0 Å². The summed E-state index contributed by atoms with van der Waals surface area (Å²) in [5.41, 5.74) is 8.51. The molecular weight excluding hydrogens is 286 g/mol. The third-order valence-electron chi connectivity index (χ3n) is 4.36. The number of aromatic nitrogens is 2. The van der Waals surface area contributed by atoms with Gasteiger partial charge < -0.3 is 10.3 Å². The summed E-state index contributed by atoms with van der Waals surface area (Å²) in [4.78, 5) is 4.50. The van der Waals surface area contributed by atoms with Crippen molar-refractivity contribution in [1.82, 2.24) is 10.1 Å². The van der Waals surface area contributed by atoms with Crippen LogP contribution in [-0.4, -0.2) is 10.1 Å². The van der Waals surface area contributed by atoms with Crippen LogP contribution in [0.15, 0.2) is 28.8 Å². The summed E-state index contributed by atoms with van der Waals surface area (Å²) >= 11 is 0. The largest absolute Gasteiger partial charge is 0.339 e. The standard InChI is InChI=1S/C16H21N3O.ClH/c1-11-6-3-4-7-13(11)12(2)10-14-18-15(19-20-14)16(17)8-5-9-16;/h3-4,6-7,12H,5,8-10,17H2,1-2H3;1H. The first-order chi connectivity index (χ1) is 9.58. The number of halogens is 1. The fraction of sp³-hybridized carbons (Fsp3) is 0.500. The van der Waals surface area contributed by atoms with E-state index in [1.165, 1.54) is 11.1 Å². The average molecular weight is 308 g/mol. The lowest BCUT2D eigenvalue weighted by atomic mass is 9.77. The van der Waals surface area contributed by atoms with Crippen LogP contribution in [0.4, 0.5) is 0 Å². The molecule has 4 nitrogen and oxygen atoms in total. The second-order valence-electron chi connectivity index (χ2n) is 5.98. The minimum absolute atomic E-state index is 0. The molecule has 21 heavy (non-hydrogen) atoms. The van der Waals surface area contributed by atoms with E-state index in [1.54, 1.807) is 0 Å². The van der Waals surface area contributed by atoms with E-state index in [-0.39, 0.29) is 17.9 Å². The molecule has 0 amide bonds. The number of nitrogens with zero attached hydrogens (tertiary/aromatic N) is 2. The molecule has 1 atom stereocenters. The number of nitrogens with two attached hydrogens (primary N) is 1. The lowest BCUT2D eigenvalue weighted by Gasteiger charge is -2.34. The van der Waals surface area contributed by atoms with E-state index in [0.29, 0.717) is 17.6 Å². The Morgan fingerprint density at radius 1 is 1.33 bits per heavy atom. The maximum atomic E-state index is 6.22. The van der Waals surface area contributed by atoms with Crippen molar-refractivity contribution in [3.63, 3.8) is 0 Å². The minimum Gasteiger partial charge on any atom is -0.339 e. The van der Waals surface area contributed by atoms with Crippen LogP contribution in [0.3, 0.4) is 0 Å². The van der Waals surface area contributed by atoms with Gasteiger partial charge in [-0.2, -0.15) is 4.98 Å². The Morgan fingerprint density at radius 3 is 2.67 bits per heavy atom. The van der Waals surface area contributed by atoms with Gasteiger partial charge in [0.15, 0.2) is 5.82 Å². The maximum Gasteiger partial charge on any atom is 0.227 e. The van der Waals surface area contributed by atoms with Crippen LogP contribution in [0.25, 0.3) is 0 Å². The van der Waals surface area contributed by atoms with Gasteiger partial charge in [0.1, 0.15) is 0 Å². The van der Waals surface area contributed by atoms with Gasteiger partial charge in [0.2, 0.25) is 5.89 Å². The molecule has 1 aromatic heterocycles. The van der Waals surface area contributed by atoms with Crippen LogP contribution >= 0.6 is 12.4 Å². The summed E-state index contributed by atoms with van der Waals surface area (Å²) in [5, 5.41) is 4.07. The van der Waals surface area contributed by atoms with Crippen molar-refractivity contribution >= 4 is 12.4 Å². The van der Waals surface area contributed by atoms with Gasteiger partial charge in [0, 0.05) is 6.42 Å². The first-order valence-electron chi connectivity index (χ1n) is 7.26. The third kappa shape index (κ3) is 3.11. The number of aryl methyl sites for hydroxylation is 1. The second kappa shape index (κ2) is 6.16. The molecular formula is C16H22ClN3O. The Hall–Kier alpha value is -1.39. The lowest BCUT2D eigenvalue weighted by Crippen LogP contribution is -2.44. The highest BCUT2D eigenvalue weighted by Crippen LogP contribution is 2.37. The first kappa shape index (κ1) is 16.0. The molecule has 1 unspecified atom stereocenters. The Balaban J connectivity index is 0.00000161. The fourth-order valence-corrected chi connectivity index (χ4v) is 2.83. The van der Waals surface area contributed by atoms with Gasteiger partial charge in [-0.05, 0) is 43.2 Å². The van der Waals surface area contributed by atoms with Gasteiger partial charge in [-0.3, -0.25) is 0 Å². The zero-order chi connectivity index (χ0) is 14.2. The zero-order valence-electron chi connectivity index (χ0n) is 12.5. The first-order valence-corrected chi connectivity index (χ1v) is 7.26. The summed E-state index contributed by atoms with van der Waals surface area (Å²) in [6.45, 7) is 4.32. The quantitative estimate of drug-likeness (QED) is 0.939. The molecule has 2 N–H and O–H groups in total. The topological polar surface area (TPSA) is 64.9 Å². The van der Waals surface area contributed by atoms with Crippen LogP contribution < -0.4 is 5.73 Å². The van der Waals surface area contributed by atoms with Crippen molar-refractivity contribution in [2.75, 3.05) is 0 Å². The van der Waals surface area contributed by atoms with Crippen LogP contribution in [-0.2, 0) is 12.0 Å². The molecule has 1 aromatic carbocycles. The summed E-state index contributed by atoms with van der Waals surface area (Å²) in [7, 11) is 0. The van der Waals surface area contributed by atoms with E-state index >= 15 is 0 Å². The summed E-state index contributed by atoms with van der Waals surface area (Å²) in [6.07, 6.45) is 3.83. The molecule has 0 spiro atoms. The molecule has 0 saturated heterocycles. The molecule has 1 saturated carbocycles. The van der Waals surface area contributed by atoms with Gasteiger partial charge in [0.25, 0.3) is 0 Å². The monoisotopic (exact) mass is 307 g/mol. The minimum atomic E-state index is -0.340. The predicted molar refractivity (Wildman–Crippen MR) is 84.6 cm³/mol. The van der Waals surface area contributed by atoms with E-state index in [4.69, 9.17) is 10.3 Å². The van der Waals surface area contributed by atoms with Crippen LogP contribution in [0, 0.1) is 6.92 Å². The molecule has 5 heteroatoms. The highest BCUT2D eigenvalue weighted by molar-refractivity contribution is 5.85. The van der Waals surface area contributed by atoms with Crippen molar-refractivity contribution in [3.05, 3.63) is 47.1 Å². The average Bonchev–Trinajstić information content (AvgIpc) is 2.85. The number of benzene rings is 1. The molecule has 0 aliphatic heterocycles. The summed E-state index contributed by atoms with van der Waals surface area (Å²) in [6, 6.07) is 8.42. The van der Waals surface area contributed by atoms with E-state index in [2.05, 4.69) is 48.3 Å². The highest BCUT2D eigenvalue weighted by atomic mass is 35.5. The molecule has 1 aliphatic carbocycles. The third-order valence-corrected chi connectivity index (χ3v) is 4.36. The van der Waals surface area contributed by atoms with E-state index in [9.17, 15) is 0 Å². The number of hydrogen-bond acceptors (Lipinski definition) is 4. The molecule has 1 fully saturated rings. The maximum absolute atomic E-state index is 6.22. The van der Waals surface area contributed by atoms with Crippen molar-refractivity contribution in [3.8, 4) is 0 Å². The zero-order valence-corrected chi connectivity index (χ0v) is 13.3. The Kier molecular flexibility index (Phi) is 4.69. The molecule has 0 radical (unpaired) electrons. The molecule has 1 heterocycles. The summed E-state index contributed by atoms with van der Waals surface area (Å²) < 4.78 is 5.38. The van der Waals surface area contributed by atoms with Crippen molar-refractivity contribution in [2.45, 2.75) is 51.0 Å². The van der Waals surface area contributed by atoms with Crippen LogP contribution in [0.5, 0.6) is 0 Å². The fourth-order valence-electron chi connectivity index (χ4n) is 2.83. The Morgan fingerprint density at radius 2 is 2.05 bits per heavy atom. The van der Waals surface area contributed by atoms with Crippen molar-refractivity contribution in [1.29, 1.82) is 0 Å². The van der Waals surface area contributed by atoms with E-state index in [1.807, 2.05) is 0 Å². The molecule has 3 rings (SSSR count). The SMILES string of the molecule is Cc1ccccc1C(C)Cc1nc(C2(N)CCC2)no1.Cl. The number of rotatable bonds is 4. The van der Waals surface area contributed by atoms with Crippen LogP contribution in [0.2, 0.25) is 0 Å².